The number of carbonyl (C=O) groups excluding carboxylic acids is 1. The Kier molecular flexibility index (Phi) is 7.07. The number of rotatable bonds is 4. The number of nitrogens with zero attached hydrogens (tertiary/aromatic N) is 2. The van der Waals surface area contributed by atoms with Crippen molar-refractivity contribution >= 4 is 5.97 Å². The third-order valence-corrected chi connectivity index (χ3v) is 2.11. The summed E-state index contributed by atoms with van der Waals surface area (Å²) in [6.45, 7) is 6.60. The molecular formula is C11H17F3N2O2. The van der Waals surface area contributed by atoms with Crippen LogP contribution in [0.2, 0.25) is 0 Å². The minimum atomic E-state index is -5.19. The first-order chi connectivity index (χ1) is 8.31. The Hall–Kier alpha value is -1.53. The van der Waals surface area contributed by atoms with E-state index in [1.807, 2.05) is 0 Å². The first-order valence-corrected chi connectivity index (χ1v) is 5.64. The lowest BCUT2D eigenvalue weighted by atomic mass is 10.3. The number of halogens is 3. The van der Waals surface area contributed by atoms with Crippen molar-refractivity contribution in [3.05, 3.63) is 18.7 Å². The molecule has 0 aromatic carbocycles. The van der Waals surface area contributed by atoms with Crippen LogP contribution in [0.3, 0.4) is 0 Å². The highest BCUT2D eigenvalue weighted by atomic mass is 19.4. The maximum absolute atomic E-state index is 10.5. The number of aromatic nitrogens is 2. The lowest BCUT2D eigenvalue weighted by Crippen LogP contribution is -2.37. The van der Waals surface area contributed by atoms with E-state index >= 15 is 0 Å². The van der Waals surface area contributed by atoms with Gasteiger partial charge in [0, 0.05) is 0 Å². The standard InChI is InChI=1S/C9H17N2.C2HF3O2/c1-3-5-6-11-8-7-10(4-2)9-11;3-2(4,5)1(6)7/h7-9H,3-6H2,1-2H3;(H,6,7)/q+1;/p-1. The van der Waals surface area contributed by atoms with Gasteiger partial charge in [-0.25, -0.2) is 9.13 Å². The molecule has 0 saturated heterocycles. The van der Waals surface area contributed by atoms with Gasteiger partial charge in [-0.15, -0.1) is 0 Å². The molecule has 1 aromatic heterocycles. The Bertz CT molecular complexity index is 361. The summed E-state index contributed by atoms with van der Waals surface area (Å²) in [6, 6.07) is 0. The monoisotopic (exact) mass is 266 g/mol. The summed E-state index contributed by atoms with van der Waals surface area (Å²) in [7, 11) is 0. The smallest absolute Gasteiger partial charge is 0.430 e. The minimum Gasteiger partial charge on any atom is -0.542 e. The molecule has 0 N–H and O–H groups in total. The molecule has 0 aliphatic heterocycles. The molecular weight excluding hydrogens is 249 g/mol. The fraction of sp³-hybridized carbons (Fsp3) is 0.636. The summed E-state index contributed by atoms with van der Waals surface area (Å²) >= 11 is 0. The molecule has 18 heavy (non-hydrogen) atoms. The summed E-state index contributed by atoms with van der Waals surface area (Å²) in [5.74, 6) is -3.01. The second kappa shape index (κ2) is 7.73. The number of carboxylic acids is 1. The second-order valence-corrected chi connectivity index (χ2v) is 3.62. The molecule has 0 radical (unpaired) electrons. The number of carboxylic acid groups (broad SMARTS) is 1. The molecule has 0 aliphatic carbocycles. The number of aryl methyl sites for hydroxylation is 2. The number of carbonyl (C=O) groups is 1. The van der Waals surface area contributed by atoms with Gasteiger partial charge in [0.15, 0.2) is 0 Å². The Morgan fingerprint density at radius 3 is 2.28 bits per heavy atom. The number of hydrogen-bond acceptors (Lipinski definition) is 2. The van der Waals surface area contributed by atoms with E-state index < -0.39 is 12.1 Å². The van der Waals surface area contributed by atoms with E-state index in [1.54, 1.807) is 0 Å². The molecule has 0 aliphatic rings. The summed E-state index contributed by atoms with van der Waals surface area (Å²) in [5.41, 5.74) is 0. The van der Waals surface area contributed by atoms with Crippen molar-refractivity contribution < 1.29 is 27.6 Å². The molecule has 0 unspecified atom stereocenters. The first kappa shape index (κ1) is 16.5. The molecule has 0 fully saturated rings. The van der Waals surface area contributed by atoms with Crippen molar-refractivity contribution in [1.82, 2.24) is 4.57 Å². The van der Waals surface area contributed by atoms with Crippen LogP contribution in [0.25, 0.3) is 0 Å². The first-order valence-electron chi connectivity index (χ1n) is 5.64. The van der Waals surface area contributed by atoms with Crippen molar-refractivity contribution in [3.8, 4) is 0 Å². The number of unbranched alkanes of at least 4 members (excludes halogenated alkanes) is 1. The number of imidazole rings is 1. The van der Waals surface area contributed by atoms with Crippen LogP contribution in [-0.2, 0) is 17.9 Å². The van der Waals surface area contributed by atoms with Gasteiger partial charge in [-0.05, 0) is 13.3 Å². The summed E-state index contributed by atoms with van der Waals surface area (Å²) in [6.07, 6.45) is 3.77. The Labute approximate surface area is 104 Å². The molecule has 0 atom stereocenters. The van der Waals surface area contributed by atoms with E-state index in [1.165, 1.54) is 12.8 Å². The van der Waals surface area contributed by atoms with Crippen molar-refractivity contribution in [3.63, 3.8) is 0 Å². The third kappa shape index (κ3) is 6.93. The summed E-state index contributed by atoms with van der Waals surface area (Å²) < 4.78 is 36.0. The predicted molar refractivity (Wildman–Crippen MR) is 56.3 cm³/mol. The molecule has 4 nitrogen and oxygen atoms in total. The zero-order valence-electron chi connectivity index (χ0n) is 10.4. The second-order valence-electron chi connectivity index (χ2n) is 3.62. The lowest BCUT2D eigenvalue weighted by Gasteiger charge is -2.03. The SMILES string of the molecule is CCCCn1cc[n+](CC)c1.O=C([O-])C(F)(F)F. The molecule has 0 bridgehead atoms. The maximum Gasteiger partial charge on any atom is 0.430 e. The topological polar surface area (TPSA) is 48.9 Å². The minimum absolute atomic E-state index is 1.07. The molecule has 1 aromatic rings. The quantitative estimate of drug-likeness (QED) is 0.760. The normalized spacial score (nSPS) is 10.7. The van der Waals surface area contributed by atoms with Crippen LogP contribution in [-0.4, -0.2) is 16.7 Å². The van der Waals surface area contributed by atoms with Gasteiger partial charge in [-0.1, -0.05) is 13.3 Å². The van der Waals surface area contributed by atoms with Gasteiger partial charge in [0.05, 0.1) is 13.1 Å². The zero-order valence-corrected chi connectivity index (χ0v) is 10.4. The highest BCUT2D eigenvalue weighted by molar-refractivity contribution is 5.70. The Morgan fingerprint density at radius 1 is 1.39 bits per heavy atom. The van der Waals surface area contributed by atoms with Crippen LogP contribution in [0.1, 0.15) is 26.7 Å². The van der Waals surface area contributed by atoms with Crippen LogP contribution >= 0.6 is 0 Å². The molecule has 1 heterocycles. The van der Waals surface area contributed by atoms with Crippen LogP contribution in [0.4, 0.5) is 13.2 Å². The van der Waals surface area contributed by atoms with Gasteiger partial charge in [0.1, 0.15) is 18.4 Å². The largest absolute Gasteiger partial charge is 0.542 e. The number of aliphatic carboxylic acids is 1. The fourth-order valence-electron chi connectivity index (χ4n) is 1.10. The van der Waals surface area contributed by atoms with E-state index in [4.69, 9.17) is 9.90 Å². The van der Waals surface area contributed by atoms with E-state index in [9.17, 15) is 13.2 Å². The summed E-state index contributed by atoms with van der Waals surface area (Å²) in [4.78, 5) is 8.78. The van der Waals surface area contributed by atoms with Gasteiger partial charge < -0.3 is 9.90 Å². The number of hydrogen-bond donors (Lipinski definition) is 0. The van der Waals surface area contributed by atoms with Crippen molar-refractivity contribution in [1.29, 1.82) is 0 Å². The maximum atomic E-state index is 10.5. The third-order valence-electron chi connectivity index (χ3n) is 2.11. The molecule has 0 spiro atoms. The summed E-state index contributed by atoms with van der Waals surface area (Å²) in [5, 5.41) is 8.78. The molecule has 0 saturated carbocycles. The average Bonchev–Trinajstić information content (AvgIpc) is 2.73. The van der Waals surface area contributed by atoms with Crippen LogP contribution < -0.4 is 9.67 Å². The van der Waals surface area contributed by atoms with Gasteiger partial charge in [-0.3, -0.25) is 0 Å². The van der Waals surface area contributed by atoms with Crippen molar-refractivity contribution in [2.45, 2.75) is 46.0 Å². The van der Waals surface area contributed by atoms with Gasteiger partial charge in [-0.2, -0.15) is 13.2 Å². The van der Waals surface area contributed by atoms with Crippen molar-refractivity contribution in [2.75, 3.05) is 0 Å². The van der Waals surface area contributed by atoms with Crippen LogP contribution in [0, 0.1) is 0 Å². The van der Waals surface area contributed by atoms with Crippen molar-refractivity contribution in [2.24, 2.45) is 0 Å². The molecule has 0 amide bonds. The lowest BCUT2D eigenvalue weighted by molar-refractivity contribution is -0.693. The predicted octanol–water partition coefficient (Wildman–Crippen LogP) is 0.894. The van der Waals surface area contributed by atoms with E-state index in [-0.39, 0.29) is 0 Å². The van der Waals surface area contributed by atoms with Gasteiger partial charge in [0.25, 0.3) is 0 Å². The van der Waals surface area contributed by atoms with E-state index in [0.717, 1.165) is 13.1 Å². The Balaban J connectivity index is 0.000000360. The van der Waals surface area contributed by atoms with Gasteiger partial charge in [0.2, 0.25) is 6.33 Å². The zero-order chi connectivity index (χ0) is 14.2. The highest BCUT2D eigenvalue weighted by Crippen LogP contribution is 2.11. The Morgan fingerprint density at radius 2 is 1.94 bits per heavy atom. The van der Waals surface area contributed by atoms with E-state index in [2.05, 4.69) is 41.7 Å². The van der Waals surface area contributed by atoms with E-state index in [0.29, 0.717) is 0 Å². The highest BCUT2D eigenvalue weighted by Gasteiger charge is 2.28. The molecule has 1 rings (SSSR count). The number of alkyl halides is 3. The fourth-order valence-corrected chi connectivity index (χ4v) is 1.10. The van der Waals surface area contributed by atoms with Crippen LogP contribution in [0.5, 0.6) is 0 Å². The van der Waals surface area contributed by atoms with Gasteiger partial charge >= 0.3 is 6.18 Å². The average molecular weight is 266 g/mol. The molecule has 7 heteroatoms. The molecule has 104 valence electrons. The van der Waals surface area contributed by atoms with Crippen LogP contribution in [0.15, 0.2) is 18.7 Å².